The number of carbonyl (C=O) groups is 2. The van der Waals surface area contributed by atoms with E-state index in [0.717, 1.165) is 0 Å². The zero-order chi connectivity index (χ0) is 19.2. The van der Waals surface area contributed by atoms with Gasteiger partial charge in [-0.1, -0.05) is 12.1 Å². The molecule has 0 aliphatic rings. The van der Waals surface area contributed by atoms with Gasteiger partial charge in [-0.25, -0.2) is 4.79 Å². The van der Waals surface area contributed by atoms with Gasteiger partial charge in [-0.15, -0.1) is 0 Å². The largest absolute Gasteiger partial charge is 0.506 e. The van der Waals surface area contributed by atoms with Gasteiger partial charge in [0.1, 0.15) is 23.9 Å². The van der Waals surface area contributed by atoms with Crippen LogP contribution in [0.5, 0.6) is 11.5 Å². The molecule has 3 aromatic rings. The van der Waals surface area contributed by atoms with Crippen LogP contribution in [0.3, 0.4) is 0 Å². The fourth-order valence-corrected chi connectivity index (χ4v) is 2.30. The van der Waals surface area contributed by atoms with E-state index in [-0.39, 0.29) is 18.1 Å². The third-order valence-electron chi connectivity index (χ3n) is 3.69. The van der Waals surface area contributed by atoms with Crippen molar-refractivity contribution in [2.45, 2.75) is 6.61 Å². The lowest BCUT2D eigenvalue weighted by molar-refractivity contribution is 0.0600. The lowest BCUT2D eigenvalue weighted by Crippen LogP contribution is -2.10. The predicted octanol–water partition coefficient (Wildman–Crippen LogP) is 3.60. The molecular formula is C20H17NO6. The lowest BCUT2D eigenvalue weighted by atomic mass is 10.2. The Bertz CT molecular complexity index is 945. The van der Waals surface area contributed by atoms with E-state index in [2.05, 4.69) is 10.1 Å². The minimum Gasteiger partial charge on any atom is -0.506 e. The lowest BCUT2D eigenvalue weighted by Gasteiger charge is -2.06. The van der Waals surface area contributed by atoms with Gasteiger partial charge < -0.3 is 24.3 Å². The minimum absolute atomic E-state index is 0.0311. The fourth-order valence-electron chi connectivity index (χ4n) is 2.30. The maximum Gasteiger partial charge on any atom is 0.337 e. The second kappa shape index (κ2) is 8.09. The van der Waals surface area contributed by atoms with Crippen LogP contribution in [0.1, 0.15) is 26.7 Å². The van der Waals surface area contributed by atoms with Crippen LogP contribution in [0.25, 0.3) is 0 Å². The number of rotatable bonds is 6. The number of hydrogen-bond donors (Lipinski definition) is 2. The van der Waals surface area contributed by atoms with E-state index in [1.807, 2.05) is 0 Å². The van der Waals surface area contributed by atoms with Crippen LogP contribution in [0.15, 0.2) is 65.1 Å². The molecule has 7 heteroatoms. The molecule has 0 aliphatic heterocycles. The van der Waals surface area contributed by atoms with Crippen LogP contribution in [0.2, 0.25) is 0 Å². The average Bonchev–Trinajstić information content (AvgIpc) is 3.17. The van der Waals surface area contributed by atoms with Crippen LogP contribution in [-0.2, 0) is 11.3 Å². The van der Waals surface area contributed by atoms with Gasteiger partial charge in [0.15, 0.2) is 5.76 Å². The van der Waals surface area contributed by atoms with Crippen molar-refractivity contribution < 1.29 is 28.6 Å². The first-order valence-corrected chi connectivity index (χ1v) is 8.06. The normalized spacial score (nSPS) is 10.3. The van der Waals surface area contributed by atoms with Crippen molar-refractivity contribution in [1.29, 1.82) is 0 Å². The molecule has 2 N–H and O–H groups in total. The molecule has 0 radical (unpaired) electrons. The van der Waals surface area contributed by atoms with E-state index in [1.165, 1.54) is 19.2 Å². The van der Waals surface area contributed by atoms with Crippen molar-refractivity contribution in [3.05, 3.63) is 77.7 Å². The molecule has 3 rings (SSSR count). The van der Waals surface area contributed by atoms with Crippen molar-refractivity contribution in [2.75, 3.05) is 12.4 Å². The highest BCUT2D eigenvalue weighted by Crippen LogP contribution is 2.23. The van der Waals surface area contributed by atoms with E-state index in [1.54, 1.807) is 48.5 Å². The van der Waals surface area contributed by atoms with Crippen molar-refractivity contribution in [1.82, 2.24) is 0 Å². The van der Waals surface area contributed by atoms with Crippen molar-refractivity contribution in [2.24, 2.45) is 0 Å². The van der Waals surface area contributed by atoms with Crippen LogP contribution in [0, 0.1) is 0 Å². The number of esters is 1. The predicted molar refractivity (Wildman–Crippen MR) is 96.9 cm³/mol. The number of para-hydroxylation sites is 2. The molecule has 0 atom stereocenters. The zero-order valence-electron chi connectivity index (χ0n) is 14.5. The van der Waals surface area contributed by atoms with Crippen molar-refractivity contribution in [3.8, 4) is 11.5 Å². The van der Waals surface area contributed by atoms with Crippen molar-refractivity contribution >= 4 is 17.6 Å². The van der Waals surface area contributed by atoms with E-state index < -0.39 is 11.9 Å². The van der Waals surface area contributed by atoms with E-state index in [9.17, 15) is 14.7 Å². The zero-order valence-corrected chi connectivity index (χ0v) is 14.5. The van der Waals surface area contributed by atoms with E-state index in [4.69, 9.17) is 9.15 Å². The summed E-state index contributed by atoms with van der Waals surface area (Å²) in [4.78, 5) is 23.6. The van der Waals surface area contributed by atoms with Gasteiger partial charge >= 0.3 is 5.97 Å². The van der Waals surface area contributed by atoms with E-state index in [0.29, 0.717) is 22.8 Å². The van der Waals surface area contributed by atoms with Gasteiger partial charge in [0.2, 0.25) is 0 Å². The summed E-state index contributed by atoms with van der Waals surface area (Å²) < 4.78 is 15.7. The number of aromatic hydroxyl groups is 1. The maximum absolute atomic E-state index is 12.2. The van der Waals surface area contributed by atoms with Gasteiger partial charge in [0, 0.05) is 0 Å². The Labute approximate surface area is 155 Å². The summed E-state index contributed by atoms with van der Waals surface area (Å²) >= 11 is 0. The second-order valence-corrected chi connectivity index (χ2v) is 5.54. The summed E-state index contributed by atoms with van der Waals surface area (Å²) in [5.41, 5.74) is 0.716. The maximum atomic E-state index is 12.2. The molecule has 2 aromatic carbocycles. The summed E-state index contributed by atoms with van der Waals surface area (Å²) in [5.74, 6) is 0.154. The molecule has 1 aromatic heterocycles. The molecule has 0 fully saturated rings. The van der Waals surface area contributed by atoms with Gasteiger partial charge in [0.25, 0.3) is 5.91 Å². The molecule has 138 valence electrons. The number of ether oxygens (including phenoxy) is 2. The Balaban J connectivity index is 1.58. The summed E-state index contributed by atoms with van der Waals surface area (Å²) in [6.45, 7) is 0.113. The van der Waals surface area contributed by atoms with E-state index >= 15 is 0 Å². The molecule has 27 heavy (non-hydrogen) atoms. The van der Waals surface area contributed by atoms with Crippen LogP contribution in [-0.4, -0.2) is 24.1 Å². The monoisotopic (exact) mass is 367 g/mol. The number of anilines is 1. The first kappa shape index (κ1) is 18.1. The first-order valence-electron chi connectivity index (χ1n) is 8.06. The Morgan fingerprint density at radius 2 is 1.78 bits per heavy atom. The molecule has 0 spiro atoms. The number of furan rings is 1. The molecule has 1 heterocycles. The fraction of sp³-hybridized carbons (Fsp3) is 0.100. The second-order valence-electron chi connectivity index (χ2n) is 5.54. The molecular weight excluding hydrogens is 350 g/mol. The number of phenols is 1. The number of methoxy groups -OCH3 is 1. The molecule has 0 aliphatic carbocycles. The van der Waals surface area contributed by atoms with Gasteiger partial charge in [-0.05, 0) is 48.5 Å². The molecule has 0 saturated heterocycles. The number of amides is 1. The molecule has 0 bridgehead atoms. The Morgan fingerprint density at radius 1 is 1.04 bits per heavy atom. The third kappa shape index (κ3) is 4.46. The van der Waals surface area contributed by atoms with Gasteiger partial charge in [-0.3, -0.25) is 4.79 Å². The number of hydrogen-bond acceptors (Lipinski definition) is 6. The number of benzene rings is 2. The SMILES string of the molecule is COC(=O)c1ccc(OCc2ccc(C(=O)Nc3ccccc3O)o2)cc1. The summed E-state index contributed by atoms with van der Waals surface area (Å²) in [7, 11) is 1.32. The van der Waals surface area contributed by atoms with Gasteiger partial charge in [0.05, 0.1) is 18.4 Å². The number of nitrogens with one attached hydrogen (secondary N) is 1. The highest BCUT2D eigenvalue weighted by molar-refractivity contribution is 6.03. The Kier molecular flexibility index (Phi) is 5.41. The summed E-state index contributed by atoms with van der Waals surface area (Å²) in [6.07, 6.45) is 0. The quantitative estimate of drug-likeness (QED) is 0.510. The smallest absolute Gasteiger partial charge is 0.337 e. The van der Waals surface area contributed by atoms with Crippen molar-refractivity contribution in [3.63, 3.8) is 0 Å². The molecule has 7 nitrogen and oxygen atoms in total. The van der Waals surface area contributed by atoms with Crippen LogP contribution < -0.4 is 10.1 Å². The number of carbonyl (C=O) groups excluding carboxylic acids is 2. The first-order chi connectivity index (χ1) is 13.1. The topological polar surface area (TPSA) is 98.0 Å². The average molecular weight is 367 g/mol. The van der Waals surface area contributed by atoms with Gasteiger partial charge in [-0.2, -0.15) is 0 Å². The highest BCUT2D eigenvalue weighted by Gasteiger charge is 2.13. The van der Waals surface area contributed by atoms with Crippen LogP contribution in [0.4, 0.5) is 5.69 Å². The molecule has 0 saturated carbocycles. The third-order valence-corrected chi connectivity index (χ3v) is 3.69. The molecule has 0 unspecified atom stereocenters. The Hall–Kier alpha value is -3.74. The number of phenolic OH excluding ortho intramolecular Hbond substituents is 1. The molecule has 1 amide bonds. The minimum atomic E-state index is -0.481. The highest BCUT2D eigenvalue weighted by atomic mass is 16.5. The summed E-state index contributed by atoms with van der Waals surface area (Å²) in [6, 6.07) is 16.0. The summed E-state index contributed by atoms with van der Waals surface area (Å²) in [5, 5.41) is 12.3. The van der Waals surface area contributed by atoms with Crippen LogP contribution >= 0.6 is 0 Å². The Morgan fingerprint density at radius 3 is 2.48 bits per heavy atom. The standard InChI is InChI=1S/C20H17NO6/c1-25-20(24)13-6-8-14(9-7-13)26-12-15-10-11-18(27-15)19(23)21-16-4-2-3-5-17(16)22/h2-11,22H,12H2,1H3,(H,21,23).